The Morgan fingerprint density at radius 2 is 1.94 bits per heavy atom. The van der Waals surface area contributed by atoms with Crippen molar-refractivity contribution in [1.82, 2.24) is 5.32 Å². The van der Waals surface area contributed by atoms with Gasteiger partial charge in [-0.1, -0.05) is 23.8 Å². The van der Waals surface area contributed by atoms with Gasteiger partial charge in [-0.2, -0.15) is 0 Å². The molecule has 3 rings (SSSR count). The standard InChI is InChI=1S/C22H27N3O6S/c1-14-6-9-20-17(10-14)18(12-22(3,4)31-20)23-21(26)13-24(32(5,29)30)19-11-16(25(27)28)8-7-15(19)2/h6-11,18H,12-13H2,1-5H3,(H,23,26). The van der Waals surface area contributed by atoms with E-state index in [1.807, 2.05) is 39.0 Å². The molecule has 1 amide bonds. The summed E-state index contributed by atoms with van der Waals surface area (Å²) in [6.07, 6.45) is 1.47. The van der Waals surface area contributed by atoms with Gasteiger partial charge < -0.3 is 10.1 Å². The van der Waals surface area contributed by atoms with Crippen molar-refractivity contribution in [2.75, 3.05) is 17.1 Å². The molecule has 9 nitrogen and oxygen atoms in total. The lowest BCUT2D eigenvalue weighted by Gasteiger charge is -2.38. The van der Waals surface area contributed by atoms with Gasteiger partial charge in [-0.3, -0.25) is 19.2 Å². The Hall–Kier alpha value is -3.14. The molecular formula is C22H27N3O6S. The smallest absolute Gasteiger partial charge is 0.271 e. The molecule has 0 fully saturated rings. The molecule has 0 spiro atoms. The summed E-state index contributed by atoms with van der Waals surface area (Å²) in [7, 11) is -3.88. The quantitative estimate of drug-likeness (QED) is 0.520. The first-order chi connectivity index (χ1) is 14.8. The van der Waals surface area contributed by atoms with E-state index in [1.54, 1.807) is 6.92 Å². The van der Waals surface area contributed by atoms with Gasteiger partial charge in [-0.05, 0) is 39.3 Å². The molecule has 32 heavy (non-hydrogen) atoms. The highest BCUT2D eigenvalue weighted by molar-refractivity contribution is 7.92. The van der Waals surface area contributed by atoms with Gasteiger partial charge in [0, 0.05) is 24.1 Å². The van der Waals surface area contributed by atoms with E-state index in [4.69, 9.17) is 4.74 Å². The van der Waals surface area contributed by atoms with Gasteiger partial charge in [-0.25, -0.2) is 8.42 Å². The van der Waals surface area contributed by atoms with Crippen LogP contribution in [-0.2, 0) is 14.8 Å². The highest BCUT2D eigenvalue weighted by Crippen LogP contribution is 2.40. The van der Waals surface area contributed by atoms with Crippen molar-refractivity contribution in [3.63, 3.8) is 0 Å². The number of benzene rings is 2. The molecule has 0 saturated carbocycles. The van der Waals surface area contributed by atoms with Gasteiger partial charge in [0.2, 0.25) is 15.9 Å². The average Bonchev–Trinajstić information content (AvgIpc) is 2.65. The highest BCUT2D eigenvalue weighted by Gasteiger charge is 2.35. The fourth-order valence-corrected chi connectivity index (χ4v) is 4.74. The first-order valence-corrected chi connectivity index (χ1v) is 11.9. The maximum Gasteiger partial charge on any atom is 0.271 e. The van der Waals surface area contributed by atoms with E-state index in [0.717, 1.165) is 21.7 Å². The first-order valence-electron chi connectivity index (χ1n) is 10.1. The van der Waals surface area contributed by atoms with E-state index >= 15 is 0 Å². The van der Waals surface area contributed by atoms with E-state index < -0.39 is 33.0 Å². The third-order valence-corrected chi connectivity index (χ3v) is 6.44. The maximum absolute atomic E-state index is 13.0. The zero-order valence-electron chi connectivity index (χ0n) is 18.7. The number of nitro groups is 1. The molecule has 0 saturated heterocycles. The van der Waals surface area contributed by atoms with Gasteiger partial charge in [-0.15, -0.1) is 0 Å². The molecule has 2 aromatic carbocycles. The number of hydrogen-bond acceptors (Lipinski definition) is 6. The molecule has 1 heterocycles. The minimum absolute atomic E-state index is 0.0976. The molecule has 2 aromatic rings. The Morgan fingerprint density at radius 1 is 1.25 bits per heavy atom. The summed E-state index contributed by atoms with van der Waals surface area (Å²) < 4.78 is 31.9. The minimum atomic E-state index is -3.88. The van der Waals surface area contributed by atoms with Crippen LogP contribution in [0.5, 0.6) is 5.75 Å². The molecule has 1 aliphatic heterocycles. The van der Waals surface area contributed by atoms with Crippen molar-refractivity contribution in [1.29, 1.82) is 0 Å². The summed E-state index contributed by atoms with van der Waals surface area (Å²) in [5.74, 6) is 0.156. The number of aryl methyl sites for hydroxylation is 2. The van der Waals surface area contributed by atoms with Crippen molar-refractivity contribution in [2.45, 2.75) is 45.8 Å². The van der Waals surface area contributed by atoms with Crippen LogP contribution in [0.1, 0.15) is 43.0 Å². The number of nitro benzene ring substituents is 1. The number of ether oxygens (including phenoxy) is 1. The third kappa shape index (κ3) is 5.18. The van der Waals surface area contributed by atoms with Gasteiger partial charge in [0.1, 0.15) is 17.9 Å². The number of non-ortho nitro benzene ring substituents is 1. The normalized spacial score (nSPS) is 17.1. The molecule has 0 aliphatic carbocycles. The summed E-state index contributed by atoms with van der Waals surface area (Å²) in [4.78, 5) is 23.6. The summed E-state index contributed by atoms with van der Waals surface area (Å²) in [5.41, 5.74) is 1.66. The van der Waals surface area contributed by atoms with Crippen LogP contribution in [0.3, 0.4) is 0 Å². The van der Waals surface area contributed by atoms with Crippen molar-refractivity contribution < 1.29 is 22.9 Å². The number of fused-ring (bicyclic) bond motifs is 1. The maximum atomic E-state index is 13.0. The van der Waals surface area contributed by atoms with Crippen LogP contribution in [-0.4, -0.2) is 37.6 Å². The van der Waals surface area contributed by atoms with Gasteiger partial charge in [0.15, 0.2) is 0 Å². The minimum Gasteiger partial charge on any atom is -0.487 e. The predicted molar refractivity (Wildman–Crippen MR) is 121 cm³/mol. The third-order valence-electron chi connectivity index (χ3n) is 5.32. The molecule has 172 valence electrons. The summed E-state index contributed by atoms with van der Waals surface area (Å²) in [6, 6.07) is 9.28. The van der Waals surface area contributed by atoms with Gasteiger partial charge in [0.05, 0.1) is 22.9 Å². The van der Waals surface area contributed by atoms with E-state index in [0.29, 0.717) is 17.7 Å². The Bertz CT molecular complexity index is 1180. The molecule has 1 N–H and O–H groups in total. The highest BCUT2D eigenvalue weighted by atomic mass is 32.2. The molecule has 0 bridgehead atoms. The predicted octanol–water partition coefficient (Wildman–Crippen LogP) is 3.40. The number of rotatable bonds is 6. The zero-order valence-corrected chi connectivity index (χ0v) is 19.5. The van der Waals surface area contributed by atoms with Crippen molar-refractivity contribution >= 4 is 27.3 Å². The van der Waals surface area contributed by atoms with Gasteiger partial charge in [0.25, 0.3) is 5.69 Å². The van der Waals surface area contributed by atoms with E-state index in [9.17, 15) is 23.3 Å². The van der Waals surface area contributed by atoms with Gasteiger partial charge >= 0.3 is 0 Å². The Labute approximate surface area is 187 Å². The topological polar surface area (TPSA) is 119 Å². The van der Waals surface area contributed by atoms with Crippen LogP contribution < -0.4 is 14.4 Å². The van der Waals surface area contributed by atoms with Crippen LogP contribution in [0, 0.1) is 24.0 Å². The van der Waals surface area contributed by atoms with Crippen LogP contribution in [0.15, 0.2) is 36.4 Å². The lowest BCUT2D eigenvalue weighted by atomic mass is 9.89. The first kappa shape index (κ1) is 23.5. The number of carbonyl (C=O) groups is 1. The van der Waals surface area contributed by atoms with Crippen LogP contribution in [0.4, 0.5) is 11.4 Å². The molecule has 10 heteroatoms. The number of sulfonamides is 1. The zero-order chi connectivity index (χ0) is 23.8. The van der Waals surface area contributed by atoms with Crippen LogP contribution in [0.2, 0.25) is 0 Å². The van der Waals surface area contributed by atoms with Crippen molar-refractivity contribution in [3.8, 4) is 5.75 Å². The lowest BCUT2D eigenvalue weighted by Crippen LogP contribution is -2.45. The second-order valence-electron chi connectivity index (χ2n) is 8.72. The Balaban J connectivity index is 1.90. The van der Waals surface area contributed by atoms with E-state index in [1.165, 1.54) is 18.2 Å². The van der Waals surface area contributed by atoms with Crippen molar-refractivity contribution in [2.24, 2.45) is 0 Å². The summed E-state index contributed by atoms with van der Waals surface area (Å²) in [6.45, 7) is 6.92. The fraction of sp³-hybridized carbons (Fsp3) is 0.409. The van der Waals surface area contributed by atoms with E-state index in [2.05, 4.69) is 5.32 Å². The monoisotopic (exact) mass is 461 g/mol. The number of nitrogens with zero attached hydrogens (tertiary/aromatic N) is 2. The molecule has 0 radical (unpaired) electrons. The number of hydrogen-bond donors (Lipinski definition) is 1. The molecule has 1 aliphatic rings. The number of anilines is 1. The SMILES string of the molecule is Cc1ccc2c(c1)C(NC(=O)CN(c1cc([N+](=O)[O-])ccc1C)S(C)(=O)=O)CC(C)(C)O2. The number of carbonyl (C=O) groups excluding carboxylic acids is 1. The molecular weight excluding hydrogens is 434 g/mol. The fourth-order valence-electron chi connectivity index (χ4n) is 3.83. The largest absolute Gasteiger partial charge is 0.487 e. The summed E-state index contributed by atoms with van der Waals surface area (Å²) in [5, 5.41) is 14.1. The molecule has 1 atom stereocenters. The van der Waals surface area contributed by atoms with E-state index in [-0.39, 0.29) is 17.4 Å². The number of nitrogens with one attached hydrogen (secondary N) is 1. The Morgan fingerprint density at radius 3 is 2.56 bits per heavy atom. The van der Waals surface area contributed by atoms with Crippen LogP contribution >= 0.6 is 0 Å². The Kier molecular flexibility index (Phi) is 6.19. The second kappa shape index (κ2) is 8.42. The average molecular weight is 462 g/mol. The summed E-state index contributed by atoms with van der Waals surface area (Å²) >= 11 is 0. The molecule has 0 aromatic heterocycles. The lowest BCUT2D eigenvalue weighted by molar-refractivity contribution is -0.384. The second-order valence-corrected chi connectivity index (χ2v) is 10.6. The number of amides is 1. The molecule has 1 unspecified atom stereocenters. The van der Waals surface area contributed by atoms with Crippen LogP contribution in [0.25, 0.3) is 0 Å². The van der Waals surface area contributed by atoms with Crippen molar-refractivity contribution in [3.05, 3.63) is 63.2 Å².